The molecule has 0 atom stereocenters. The summed E-state index contributed by atoms with van der Waals surface area (Å²) < 4.78 is 25.9. The van der Waals surface area contributed by atoms with E-state index in [1.807, 2.05) is 13.8 Å². The number of carbonyl (C=O) groups is 1. The van der Waals surface area contributed by atoms with E-state index < -0.39 is 10.0 Å². The van der Waals surface area contributed by atoms with E-state index in [0.717, 1.165) is 10.7 Å². The Bertz CT molecular complexity index is 570. The van der Waals surface area contributed by atoms with E-state index in [4.69, 9.17) is 0 Å². The van der Waals surface area contributed by atoms with E-state index in [1.54, 1.807) is 24.3 Å². The Hall–Kier alpha value is -1.08. The maximum atomic E-state index is 11.9. The molecule has 0 unspecified atom stereocenters. The molecule has 1 N–H and O–H groups in total. The number of nitrogens with one attached hydrogen (secondary N) is 1. The molecule has 0 aliphatic carbocycles. The first-order valence-electron chi connectivity index (χ1n) is 6.70. The van der Waals surface area contributed by atoms with Crippen LogP contribution in [0.2, 0.25) is 0 Å². The zero-order valence-corrected chi connectivity index (χ0v) is 14.9. The molecule has 0 saturated carbocycles. The Morgan fingerprint density at radius 2 is 1.86 bits per heavy atom. The van der Waals surface area contributed by atoms with Gasteiger partial charge in [-0.1, -0.05) is 29.8 Å². The van der Waals surface area contributed by atoms with Gasteiger partial charge in [-0.05, 0) is 30.2 Å². The number of rotatable bonds is 7. The second-order valence-electron chi connectivity index (χ2n) is 5.26. The molecule has 0 saturated heterocycles. The minimum atomic E-state index is -3.42. The third-order valence-corrected chi connectivity index (χ3v) is 4.49. The average Bonchev–Trinajstić information content (AvgIpc) is 2.37. The monoisotopic (exact) mass is 376 g/mol. The van der Waals surface area contributed by atoms with E-state index in [0.29, 0.717) is 18.2 Å². The minimum Gasteiger partial charge on any atom is -0.356 e. The molecule has 0 aromatic heterocycles. The van der Waals surface area contributed by atoms with Gasteiger partial charge in [0.25, 0.3) is 0 Å². The predicted molar refractivity (Wildman–Crippen MR) is 88.8 cm³/mol. The molecule has 0 heterocycles. The van der Waals surface area contributed by atoms with Crippen LogP contribution in [0.5, 0.6) is 0 Å². The second-order valence-corrected chi connectivity index (χ2v) is 8.08. The largest absolute Gasteiger partial charge is 0.356 e. The molecular formula is C14H21BrN2O3S. The van der Waals surface area contributed by atoms with Gasteiger partial charge in [0.05, 0.1) is 11.9 Å². The molecule has 1 amide bonds. The van der Waals surface area contributed by atoms with Gasteiger partial charge in [-0.25, -0.2) is 8.42 Å². The molecule has 0 fully saturated rings. The van der Waals surface area contributed by atoms with Crippen molar-refractivity contribution in [2.75, 3.05) is 23.7 Å². The third-order valence-electron chi connectivity index (χ3n) is 2.76. The van der Waals surface area contributed by atoms with E-state index in [9.17, 15) is 13.2 Å². The number of anilines is 1. The summed E-state index contributed by atoms with van der Waals surface area (Å²) in [4.78, 5) is 11.7. The SMILES string of the molecule is CC(C)CNC(=O)CCN(c1ccc(Br)cc1)S(C)(=O)=O. The summed E-state index contributed by atoms with van der Waals surface area (Å²) in [6.45, 7) is 4.73. The predicted octanol–water partition coefficient (Wildman–Crippen LogP) is 2.38. The molecule has 0 aliphatic heterocycles. The average molecular weight is 377 g/mol. The maximum absolute atomic E-state index is 11.9. The van der Waals surface area contributed by atoms with Gasteiger partial charge in [-0.15, -0.1) is 0 Å². The normalized spacial score (nSPS) is 11.5. The number of nitrogens with zero attached hydrogens (tertiary/aromatic N) is 1. The summed E-state index contributed by atoms with van der Waals surface area (Å²) in [6.07, 6.45) is 1.27. The summed E-state index contributed by atoms with van der Waals surface area (Å²) in [5.74, 6) is 0.223. The molecule has 0 bridgehead atoms. The van der Waals surface area contributed by atoms with Crippen LogP contribution in [0, 0.1) is 5.92 Å². The van der Waals surface area contributed by atoms with Crippen molar-refractivity contribution in [3.63, 3.8) is 0 Å². The van der Waals surface area contributed by atoms with Gasteiger partial charge >= 0.3 is 0 Å². The van der Waals surface area contributed by atoms with Crippen LogP contribution in [0.3, 0.4) is 0 Å². The highest BCUT2D eigenvalue weighted by Crippen LogP contribution is 2.20. The van der Waals surface area contributed by atoms with Crippen molar-refractivity contribution in [1.82, 2.24) is 5.32 Å². The lowest BCUT2D eigenvalue weighted by Gasteiger charge is -2.22. The highest BCUT2D eigenvalue weighted by molar-refractivity contribution is 9.10. The zero-order valence-electron chi connectivity index (χ0n) is 12.5. The molecule has 1 aromatic rings. The van der Waals surface area contributed by atoms with Gasteiger partial charge in [-0.2, -0.15) is 0 Å². The van der Waals surface area contributed by atoms with Crippen molar-refractivity contribution in [3.8, 4) is 0 Å². The van der Waals surface area contributed by atoms with Crippen molar-refractivity contribution >= 4 is 37.5 Å². The third kappa shape index (κ3) is 6.48. The van der Waals surface area contributed by atoms with Gasteiger partial charge < -0.3 is 5.32 Å². The molecule has 0 spiro atoms. The van der Waals surface area contributed by atoms with Crippen LogP contribution in [0.15, 0.2) is 28.7 Å². The fourth-order valence-electron chi connectivity index (χ4n) is 1.70. The van der Waals surface area contributed by atoms with Gasteiger partial charge in [-0.3, -0.25) is 9.10 Å². The van der Waals surface area contributed by atoms with Crippen LogP contribution in [-0.4, -0.2) is 33.7 Å². The number of benzene rings is 1. The number of hydrogen-bond acceptors (Lipinski definition) is 3. The Kier molecular flexibility index (Phi) is 6.67. The van der Waals surface area contributed by atoms with Crippen molar-refractivity contribution in [3.05, 3.63) is 28.7 Å². The summed E-state index contributed by atoms with van der Waals surface area (Å²) in [6, 6.07) is 6.95. The van der Waals surface area contributed by atoms with Gasteiger partial charge in [0, 0.05) is 24.0 Å². The standard InChI is InChI=1S/C14H21BrN2O3S/c1-11(2)10-16-14(18)8-9-17(21(3,19)20)13-6-4-12(15)5-7-13/h4-7,11H,8-10H2,1-3H3,(H,16,18). The van der Waals surface area contributed by atoms with Gasteiger partial charge in [0.1, 0.15) is 0 Å². The summed E-state index contributed by atoms with van der Waals surface area (Å²) in [7, 11) is -3.42. The highest BCUT2D eigenvalue weighted by Gasteiger charge is 2.18. The first-order chi connectivity index (χ1) is 9.70. The number of halogens is 1. The molecule has 1 rings (SSSR count). The summed E-state index contributed by atoms with van der Waals surface area (Å²) in [5.41, 5.74) is 0.553. The summed E-state index contributed by atoms with van der Waals surface area (Å²) >= 11 is 3.31. The van der Waals surface area contributed by atoms with Crippen LogP contribution in [0.1, 0.15) is 20.3 Å². The number of amides is 1. The van der Waals surface area contributed by atoms with Crippen molar-refractivity contribution in [2.45, 2.75) is 20.3 Å². The number of carbonyl (C=O) groups excluding carboxylic acids is 1. The fourth-order valence-corrected chi connectivity index (χ4v) is 2.90. The Morgan fingerprint density at radius 3 is 2.33 bits per heavy atom. The molecular weight excluding hydrogens is 356 g/mol. The van der Waals surface area contributed by atoms with Crippen molar-refractivity contribution < 1.29 is 13.2 Å². The molecule has 1 aromatic carbocycles. The quantitative estimate of drug-likeness (QED) is 0.794. The number of sulfonamides is 1. The molecule has 5 nitrogen and oxygen atoms in total. The molecule has 7 heteroatoms. The lowest BCUT2D eigenvalue weighted by Crippen LogP contribution is -2.35. The first kappa shape index (κ1) is 18.0. The van der Waals surface area contributed by atoms with Crippen LogP contribution in [0.25, 0.3) is 0 Å². The van der Waals surface area contributed by atoms with Crippen LogP contribution in [0.4, 0.5) is 5.69 Å². The van der Waals surface area contributed by atoms with Crippen molar-refractivity contribution in [1.29, 1.82) is 0 Å². The van der Waals surface area contributed by atoms with E-state index >= 15 is 0 Å². The molecule has 0 radical (unpaired) electrons. The molecule has 118 valence electrons. The maximum Gasteiger partial charge on any atom is 0.232 e. The Labute approximate surface area is 134 Å². The van der Waals surface area contributed by atoms with Crippen LogP contribution in [-0.2, 0) is 14.8 Å². The number of hydrogen-bond donors (Lipinski definition) is 1. The van der Waals surface area contributed by atoms with E-state index in [2.05, 4.69) is 21.2 Å². The van der Waals surface area contributed by atoms with E-state index in [1.165, 1.54) is 4.31 Å². The van der Waals surface area contributed by atoms with Gasteiger partial charge in [0.15, 0.2) is 0 Å². The zero-order chi connectivity index (χ0) is 16.0. The van der Waals surface area contributed by atoms with E-state index in [-0.39, 0.29) is 18.9 Å². The lowest BCUT2D eigenvalue weighted by molar-refractivity contribution is -0.121. The Morgan fingerprint density at radius 1 is 1.29 bits per heavy atom. The smallest absolute Gasteiger partial charge is 0.232 e. The highest BCUT2D eigenvalue weighted by atomic mass is 79.9. The Balaban J connectivity index is 2.73. The van der Waals surface area contributed by atoms with Crippen LogP contribution < -0.4 is 9.62 Å². The first-order valence-corrected chi connectivity index (χ1v) is 9.34. The van der Waals surface area contributed by atoms with Crippen molar-refractivity contribution in [2.24, 2.45) is 5.92 Å². The molecule has 0 aliphatic rings. The topological polar surface area (TPSA) is 66.5 Å². The lowest BCUT2D eigenvalue weighted by atomic mass is 10.2. The van der Waals surface area contributed by atoms with Crippen LogP contribution >= 0.6 is 15.9 Å². The fraction of sp³-hybridized carbons (Fsp3) is 0.500. The second kappa shape index (κ2) is 7.79. The minimum absolute atomic E-state index is 0.129. The van der Waals surface area contributed by atoms with Gasteiger partial charge in [0.2, 0.25) is 15.9 Å². The molecule has 21 heavy (non-hydrogen) atoms. The summed E-state index contributed by atoms with van der Waals surface area (Å²) in [5, 5.41) is 2.78.